The van der Waals surface area contributed by atoms with Crippen LogP contribution in [0.5, 0.6) is 0 Å². The third kappa shape index (κ3) is 4.09. The molecule has 3 heteroatoms. The fourth-order valence-electron chi connectivity index (χ4n) is 1.98. The molecule has 0 spiro atoms. The van der Waals surface area contributed by atoms with Crippen molar-refractivity contribution >= 4 is 0 Å². The Balaban J connectivity index is 1.35. The third-order valence-electron chi connectivity index (χ3n) is 3.52. The van der Waals surface area contributed by atoms with E-state index in [-0.39, 0.29) is 5.54 Å². The first-order chi connectivity index (χ1) is 7.29. The number of hydrogen-bond acceptors (Lipinski definition) is 3. The van der Waals surface area contributed by atoms with E-state index in [4.69, 9.17) is 10.5 Å². The summed E-state index contributed by atoms with van der Waals surface area (Å²) in [7, 11) is 0. The topological polar surface area (TPSA) is 47.3 Å². The zero-order valence-electron chi connectivity index (χ0n) is 9.63. The van der Waals surface area contributed by atoms with Gasteiger partial charge in [0.2, 0.25) is 0 Å². The molecule has 2 fully saturated rings. The second-order valence-corrected chi connectivity index (χ2v) is 5.26. The van der Waals surface area contributed by atoms with Gasteiger partial charge in [0.05, 0.1) is 0 Å². The van der Waals surface area contributed by atoms with Crippen LogP contribution in [0.1, 0.15) is 38.5 Å². The van der Waals surface area contributed by atoms with Gasteiger partial charge in [0, 0.05) is 25.3 Å². The highest BCUT2D eigenvalue weighted by Crippen LogP contribution is 2.29. The Morgan fingerprint density at radius 3 is 2.73 bits per heavy atom. The molecule has 0 aromatic rings. The molecular formula is C12H24N2O. The van der Waals surface area contributed by atoms with Gasteiger partial charge < -0.3 is 15.8 Å². The van der Waals surface area contributed by atoms with Crippen LogP contribution in [-0.4, -0.2) is 31.8 Å². The van der Waals surface area contributed by atoms with Gasteiger partial charge in [-0.15, -0.1) is 0 Å². The molecule has 2 rings (SSSR count). The summed E-state index contributed by atoms with van der Waals surface area (Å²) in [4.78, 5) is 0. The average molecular weight is 212 g/mol. The summed E-state index contributed by atoms with van der Waals surface area (Å²) in [6.45, 7) is 3.92. The molecule has 0 saturated heterocycles. The number of nitrogens with two attached hydrogens (primary N) is 1. The molecule has 0 aromatic heterocycles. The highest BCUT2D eigenvalue weighted by atomic mass is 16.5. The highest BCUT2D eigenvalue weighted by molar-refractivity contribution is 4.94. The Labute approximate surface area is 92.7 Å². The maximum absolute atomic E-state index is 6.10. The summed E-state index contributed by atoms with van der Waals surface area (Å²) in [5, 5.41) is 3.43. The second-order valence-electron chi connectivity index (χ2n) is 5.26. The van der Waals surface area contributed by atoms with Crippen molar-refractivity contribution in [3.05, 3.63) is 0 Å². The molecule has 0 bridgehead atoms. The number of rotatable bonds is 8. The van der Waals surface area contributed by atoms with E-state index in [2.05, 4.69) is 5.32 Å². The molecular weight excluding hydrogens is 188 g/mol. The van der Waals surface area contributed by atoms with E-state index in [1.54, 1.807) is 0 Å². The van der Waals surface area contributed by atoms with Crippen LogP contribution in [0.3, 0.4) is 0 Å². The first-order valence-corrected chi connectivity index (χ1v) is 6.36. The van der Waals surface area contributed by atoms with E-state index in [9.17, 15) is 0 Å². The molecule has 2 aliphatic rings. The fourth-order valence-corrected chi connectivity index (χ4v) is 1.98. The normalized spacial score (nSPS) is 23.8. The molecule has 3 N–H and O–H groups in total. The van der Waals surface area contributed by atoms with E-state index in [1.807, 2.05) is 0 Å². The molecule has 2 saturated carbocycles. The maximum atomic E-state index is 6.10. The lowest BCUT2D eigenvalue weighted by Crippen LogP contribution is -2.54. The Kier molecular flexibility index (Phi) is 4.00. The van der Waals surface area contributed by atoms with Gasteiger partial charge in [0.25, 0.3) is 0 Å². The molecule has 3 nitrogen and oxygen atoms in total. The minimum Gasteiger partial charge on any atom is -0.381 e. The Morgan fingerprint density at radius 2 is 2.13 bits per heavy atom. The first-order valence-electron chi connectivity index (χ1n) is 6.36. The Hall–Kier alpha value is -0.120. The molecule has 0 unspecified atom stereocenters. The van der Waals surface area contributed by atoms with Gasteiger partial charge in [-0.25, -0.2) is 0 Å². The van der Waals surface area contributed by atoms with Crippen molar-refractivity contribution in [2.24, 2.45) is 11.7 Å². The van der Waals surface area contributed by atoms with Crippen LogP contribution in [-0.2, 0) is 4.74 Å². The van der Waals surface area contributed by atoms with Crippen LogP contribution in [0.25, 0.3) is 0 Å². The average Bonchev–Trinajstić information content (AvgIpc) is 2.97. The number of ether oxygens (including phenoxy) is 1. The van der Waals surface area contributed by atoms with Crippen LogP contribution in [0.2, 0.25) is 0 Å². The number of nitrogens with one attached hydrogen (secondary N) is 1. The van der Waals surface area contributed by atoms with Crippen molar-refractivity contribution in [2.75, 3.05) is 26.3 Å². The van der Waals surface area contributed by atoms with Crippen LogP contribution >= 0.6 is 0 Å². The second kappa shape index (κ2) is 5.28. The van der Waals surface area contributed by atoms with Crippen LogP contribution < -0.4 is 11.1 Å². The van der Waals surface area contributed by atoms with Crippen molar-refractivity contribution in [3.63, 3.8) is 0 Å². The quantitative estimate of drug-likeness (QED) is 0.596. The SMILES string of the molecule is NC1(CNCCCOCC2CC2)CCC1. The smallest absolute Gasteiger partial charge is 0.0494 e. The van der Waals surface area contributed by atoms with Gasteiger partial charge in [-0.05, 0) is 51.0 Å². The van der Waals surface area contributed by atoms with Crippen LogP contribution in [0, 0.1) is 5.92 Å². The predicted molar refractivity (Wildman–Crippen MR) is 61.8 cm³/mol. The molecule has 0 atom stereocenters. The van der Waals surface area contributed by atoms with Crippen LogP contribution in [0.15, 0.2) is 0 Å². The molecule has 2 aliphatic carbocycles. The van der Waals surface area contributed by atoms with Gasteiger partial charge in [0.15, 0.2) is 0 Å². The largest absolute Gasteiger partial charge is 0.381 e. The monoisotopic (exact) mass is 212 g/mol. The Bertz CT molecular complexity index is 188. The minimum atomic E-state index is 0.120. The summed E-state index contributed by atoms with van der Waals surface area (Å²) in [6, 6.07) is 0. The summed E-state index contributed by atoms with van der Waals surface area (Å²) in [5.41, 5.74) is 6.22. The van der Waals surface area contributed by atoms with E-state index in [1.165, 1.54) is 32.1 Å². The fraction of sp³-hybridized carbons (Fsp3) is 1.00. The molecule has 0 heterocycles. The highest BCUT2D eigenvalue weighted by Gasteiger charge is 2.31. The van der Waals surface area contributed by atoms with E-state index in [0.717, 1.165) is 38.6 Å². The zero-order valence-corrected chi connectivity index (χ0v) is 9.63. The standard InChI is InChI=1S/C12H24N2O/c13-12(5-1-6-12)10-14-7-2-8-15-9-11-3-4-11/h11,14H,1-10,13H2. The lowest BCUT2D eigenvalue weighted by atomic mass is 9.78. The van der Waals surface area contributed by atoms with Crippen molar-refractivity contribution in [2.45, 2.75) is 44.1 Å². The molecule has 88 valence electrons. The van der Waals surface area contributed by atoms with Crippen LogP contribution in [0.4, 0.5) is 0 Å². The van der Waals surface area contributed by atoms with Gasteiger partial charge in [0.1, 0.15) is 0 Å². The summed E-state index contributed by atoms with van der Waals surface area (Å²) < 4.78 is 5.56. The van der Waals surface area contributed by atoms with Crippen molar-refractivity contribution in [3.8, 4) is 0 Å². The van der Waals surface area contributed by atoms with Crippen molar-refractivity contribution in [1.82, 2.24) is 5.32 Å². The van der Waals surface area contributed by atoms with E-state index < -0.39 is 0 Å². The number of hydrogen-bond donors (Lipinski definition) is 2. The van der Waals surface area contributed by atoms with Crippen molar-refractivity contribution < 1.29 is 4.74 Å². The third-order valence-corrected chi connectivity index (χ3v) is 3.52. The van der Waals surface area contributed by atoms with Gasteiger partial charge in [-0.2, -0.15) is 0 Å². The van der Waals surface area contributed by atoms with Gasteiger partial charge >= 0.3 is 0 Å². The first kappa shape index (κ1) is 11.4. The molecule has 0 amide bonds. The van der Waals surface area contributed by atoms with Gasteiger partial charge in [-0.3, -0.25) is 0 Å². The summed E-state index contributed by atoms with van der Waals surface area (Å²) >= 11 is 0. The summed E-state index contributed by atoms with van der Waals surface area (Å²) in [5.74, 6) is 0.889. The molecule has 0 radical (unpaired) electrons. The summed E-state index contributed by atoms with van der Waals surface area (Å²) in [6.07, 6.45) is 7.57. The molecule has 0 aliphatic heterocycles. The predicted octanol–water partition coefficient (Wildman–Crippen LogP) is 1.27. The van der Waals surface area contributed by atoms with E-state index >= 15 is 0 Å². The lowest BCUT2D eigenvalue weighted by Gasteiger charge is -2.38. The van der Waals surface area contributed by atoms with Gasteiger partial charge in [-0.1, -0.05) is 0 Å². The Morgan fingerprint density at radius 1 is 1.33 bits per heavy atom. The molecule has 0 aromatic carbocycles. The van der Waals surface area contributed by atoms with Crippen molar-refractivity contribution in [1.29, 1.82) is 0 Å². The lowest BCUT2D eigenvalue weighted by molar-refractivity contribution is 0.121. The maximum Gasteiger partial charge on any atom is 0.0494 e. The minimum absolute atomic E-state index is 0.120. The van der Waals surface area contributed by atoms with E-state index in [0.29, 0.717) is 0 Å². The zero-order chi connectivity index (χ0) is 10.6. The molecule has 15 heavy (non-hydrogen) atoms.